The minimum absolute atomic E-state index is 1.10. The van der Waals surface area contributed by atoms with Gasteiger partial charge in [-0.05, 0) is 66.3 Å². The van der Waals surface area contributed by atoms with Gasteiger partial charge in [-0.2, -0.15) is 0 Å². The van der Waals surface area contributed by atoms with Crippen molar-refractivity contribution in [3.63, 3.8) is 0 Å². The van der Waals surface area contributed by atoms with E-state index >= 15 is 0 Å². The Morgan fingerprint density at radius 2 is 1.68 bits per heavy atom. The summed E-state index contributed by atoms with van der Waals surface area (Å²) in [4.78, 5) is 2.17. The number of likely N-dealkylation sites (N-methyl/N-ethyl adjacent to an activating group) is 1. The van der Waals surface area contributed by atoms with Gasteiger partial charge in [-0.3, -0.25) is 0 Å². The fourth-order valence-corrected chi connectivity index (χ4v) is 3.07. The summed E-state index contributed by atoms with van der Waals surface area (Å²) in [6, 6.07) is 15.6. The molecule has 0 spiro atoms. The smallest absolute Gasteiger partial charge is 0.0408 e. The molecule has 2 aromatic carbocycles. The van der Waals surface area contributed by atoms with Crippen LogP contribution in [0.4, 0.5) is 5.69 Å². The van der Waals surface area contributed by atoms with Gasteiger partial charge < -0.3 is 4.90 Å². The maximum absolute atomic E-state index is 3.82. The van der Waals surface area contributed by atoms with Crippen LogP contribution in [0.25, 0.3) is 11.1 Å². The number of rotatable bonds is 6. The lowest BCUT2D eigenvalue weighted by Crippen LogP contribution is -2.14. The summed E-state index contributed by atoms with van der Waals surface area (Å²) in [5.74, 6) is 0. The van der Waals surface area contributed by atoms with E-state index in [4.69, 9.17) is 0 Å². The van der Waals surface area contributed by atoms with Gasteiger partial charge in [-0.25, -0.2) is 0 Å². The van der Waals surface area contributed by atoms with Crippen LogP contribution in [0.2, 0.25) is 0 Å². The zero-order valence-electron chi connectivity index (χ0n) is 15.1. The summed E-state index contributed by atoms with van der Waals surface area (Å²) in [5.41, 5.74) is 7.84. The first-order valence-corrected chi connectivity index (χ1v) is 8.81. The maximum atomic E-state index is 3.82. The summed E-state index contributed by atoms with van der Waals surface area (Å²) >= 11 is 0. The molecule has 1 heteroatoms. The van der Waals surface area contributed by atoms with Crippen LogP contribution in [-0.4, -0.2) is 7.05 Å². The highest BCUT2D eigenvalue weighted by molar-refractivity contribution is 5.69. The van der Waals surface area contributed by atoms with Crippen molar-refractivity contribution in [3.05, 3.63) is 102 Å². The quantitative estimate of drug-likeness (QED) is 0.580. The molecule has 0 atom stereocenters. The van der Waals surface area contributed by atoms with Gasteiger partial charge in [0.15, 0.2) is 0 Å². The Labute approximate surface area is 151 Å². The molecule has 126 valence electrons. The average Bonchev–Trinajstić information content (AvgIpc) is 2.62. The SMILES string of the molecule is C=C\C=C(/C=C\C=C\C)N(C)c1ccc(-c2ccc3c(c2)CC3)cc1. The van der Waals surface area contributed by atoms with Crippen LogP contribution in [0.1, 0.15) is 18.1 Å². The molecule has 1 aliphatic rings. The molecule has 0 N–H and O–H groups in total. The first-order chi connectivity index (χ1) is 12.2. The lowest BCUT2D eigenvalue weighted by molar-refractivity contribution is 0.840. The molecule has 0 heterocycles. The highest BCUT2D eigenvalue weighted by Crippen LogP contribution is 2.30. The Morgan fingerprint density at radius 1 is 0.960 bits per heavy atom. The van der Waals surface area contributed by atoms with E-state index in [0.29, 0.717) is 0 Å². The zero-order valence-corrected chi connectivity index (χ0v) is 15.1. The number of fused-ring (bicyclic) bond motifs is 1. The Bertz CT molecular complexity index is 835. The van der Waals surface area contributed by atoms with E-state index in [9.17, 15) is 0 Å². The number of allylic oxidation sites excluding steroid dienone is 6. The van der Waals surface area contributed by atoms with Crippen molar-refractivity contribution in [1.29, 1.82) is 0 Å². The predicted molar refractivity (Wildman–Crippen MR) is 110 cm³/mol. The molecule has 0 bridgehead atoms. The molecule has 0 saturated carbocycles. The molecule has 3 rings (SSSR count). The summed E-state index contributed by atoms with van der Waals surface area (Å²) in [6.07, 6.45) is 14.5. The van der Waals surface area contributed by atoms with Crippen LogP contribution in [0.3, 0.4) is 0 Å². The van der Waals surface area contributed by atoms with Crippen LogP contribution in [0, 0.1) is 0 Å². The van der Waals surface area contributed by atoms with Crippen molar-refractivity contribution in [2.24, 2.45) is 0 Å². The van der Waals surface area contributed by atoms with Gasteiger partial charge in [0.25, 0.3) is 0 Å². The number of nitrogens with zero attached hydrogens (tertiary/aromatic N) is 1. The van der Waals surface area contributed by atoms with E-state index in [1.807, 2.05) is 37.3 Å². The van der Waals surface area contributed by atoms with Gasteiger partial charge in [0.1, 0.15) is 0 Å². The molecule has 25 heavy (non-hydrogen) atoms. The summed E-state index contributed by atoms with van der Waals surface area (Å²) in [6.45, 7) is 5.84. The second-order valence-electron chi connectivity index (χ2n) is 6.30. The molecule has 0 fully saturated rings. The highest BCUT2D eigenvalue weighted by Gasteiger charge is 2.13. The maximum Gasteiger partial charge on any atom is 0.0408 e. The molecule has 0 radical (unpaired) electrons. The van der Waals surface area contributed by atoms with Crippen LogP contribution in [-0.2, 0) is 12.8 Å². The molecule has 0 aromatic heterocycles. The van der Waals surface area contributed by atoms with Gasteiger partial charge in [0, 0.05) is 18.4 Å². The van der Waals surface area contributed by atoms with Gasteiger partial charge in [0.2, 0.25) is 0 Å². The molecule has 1 nitrogen and oxygen atoms in total. The summed E-state index contributed by atoms with van der Waals surface area (Å²) in [5, 5.41) is 0. The van der Waals surface area contributed by atoms with E-state index in [2.05, 4.69) is 67.1 Å². The molecular weight excluding hydrogens is 302 g/mol. The highest BCUT2D eigenvalue weighted by atomic mass is 15.1. The van der Waals surface area contributed by atoms with Crippen LogP contribution >= 0.6 is 0 Å². The minimum Gasteiger partial charge on any atom is -0.345 e. The van der Waals surface area contributed by atoms with Crippen molar-refractivity contribution >= 4 is 5.69 Å². The predicted octanol–water partition coefficient (Wildman–Crippen LogP) is 6.09. The van der Waals surface area contributed by atoms with E-state index in [1.165, 1.54) is 35.1 Å². The Balaban J connectivity index is 1.81. The zero-order chi connectivity index (χ0) is 17.6. The van der Waals surface area contributed by atoms with Gasteiger partial charge in [-0.15, -0.1) is 0 Å². The number of benzene rings is 2. The van der Waals surface area contributed by atoms with Gasteiger partial charge >= 0.3 is 0 Å². The monoisotopic (exact) mass is 327 g/mol. The molecule has 0 saturated heterocycles. The minimum atomic E-state index is 1.10. The standard InChI is InChI=1S/C24H25N/c1-4-6-7-9-23(8-5-2)25(3)24-16-14-20(15-17-24)22-13-11-19-10-12-21(19)18-22/h4-9,11,13-18H,2,10,12H2,1,3H3/b6-4+,9-7-,23-8+. The first-order valence-electron chi connectivity index (χ1n) is 8.81. The van der Waals surface area contributed by atoms with Crippen LogP contribution < -0.4 is 4.90 Å². The topological polar surface area (TPSA) is 3.24 Å². The first kappa shape index (κ1) is 17.0. The van der Waals surface area contributed by atoms with Gasteiger partial charge in [0.05, 0.1) is 0 Å². The molecule has 1 aliphatic carbocycles. The van der Waals surface area contributed by atoms with Crippen molar-refractivity contribution in [2.75, 3.05) is 11.9 Å². The van der Waals surface area contributed by atoms with Crippen molar-refractivity contribution in [1.82, 2.24) is 0 Å². The van der Waals surface area contributed by atoms with Crippen molar-refractivity contribution in [2.45, 2.75) is 19.8 Å². The summed E-state index contributed by atoms with van der Waals surface area (Å²) < 4.78 is 0. The number of aryl methyl sites for hydroxylation is 2. The largest absolute Gasteiger partial charge is 0.345 e. The number of anilines is 1. The van der Waals surface area contributed by atoms with Crippen molar-refractivity contribution < 1.29 is 0 Å². The second-order valence-corrected chi connectivity index (χ2v) is 6.30. The third-order valence-corrected chi connectivity index (χ3v) is 4.70. The van der Waals surface area contributed by atoms with E-state index in [1.54, 1.807) is 0 Å². The number of hydrogen-bond donors (Lipinski definition) is 0. The lowest BCUT2D eigenvalue weighted by atomic mass is 9.86. The third kappa shape index (κ3) is 3.83. The summed E-state index contributed by atoms with van der Waals surface area (Å²) in [7, 11) is 2.08. The molecule has 0 unspecified atom stereocenters. The third-order valence-electron chi connectivity index (χ3n) is 4.70. The van der Waals surface area contributed by atoms with E-state index in [0.717, 1.165) is 11.4 Å². The Kier molecular flexibility index (Phi) is 5.35. The van der Waals surface area contributed by atoms with Crippen LogP contribution in [0.15, 0.2) is 91.2 Å². The fraction of sp³-hybridized carbons (Fsp3) is 0.167. The van der Waals surface area contributed by atoms with Crippen LogP contribution in [0.5, 0.6) is 0 Å². The number of hydrogen-bond acceptors (Lipinski definition) is 1. The molecule has 0 amide bonds. The Morgan fingerprint density at radius 3 is 2.28 bits per heavy atom. The van der Waals surface area contributed by atoms with Crippen molar-refractivity contribution in [3.8, 4) is 11.1 Å². The molecule has 0 aliphatic heterocycles. The normalized spacial score (nSPS) is 13.8. The fourth-order valence-electron chi connectivity index (χ4n) is 3.07. The molecular formula is C24H25N. The second kappa shape index (κ2) is 7.85. The average molecular weight is 327 g/mol. The van der Waals surface area contributed by atoms with E-state index in [-0.39, 0.29) is 0 Å². The lowest BCUT2D eigenvalue weighted by Gasteiger charge is -2.22. The van der Waals surface area contributed by atoms with Gasteiger partial charge in [-0.1, -0.05) is 61.2 Å². The van der Waals surface area contributed by atoms with E-state index < -0.39 is 0 Å². The Hall–Kier alpha value is -2.80. The molecule has 2 aromatic rings.